The Labute approximate surface area is 83.8 Å². The van der Waals surface area contributed by atoms with Crippen LogP contribution in [0, 0.1) is 18.3 Å². The van der Waals surface area contributed by atoms with Gasteiger partial charge in [0.15, 0.2) is 0 Å². The standard InChI is InChI=1S/C11H13NS/c1-3-13-8-11-5-4-10(7-12)6-9(11)2/h4-6H,3,8H2,1-2H3. The lowest BCUT2D eigenvalue weighted by Gasteiger charge is -2.04. The fraction of sp³-hybridized carbons (Fsp3) is 0.364. The Morgan fingerprint density at radius 1 is 1.46 bits per heavy atom. The van der Waals surface area contributed by atoms with Crippen molar-refractivity contribution >= 4 is 11.8 Å². The Hall–Kier alpha value is -0.940. The van der Waals surface area contributed by atoms with Gasteiger partial charge in [0.1, 0.15) is 0 Å². The van der Waals surface area contributed by atoms with Crippen LogP contribution < -0.4 is 0 Å². The summed E-state index contributed by atoms with van der Waals surface area (Å²) in [5.41, 5.74) is 3.31. The Morgan fingerprint density at radius 3 is 2.77 bits per heavy atom. The van der Waals surface area contributed by atoms with E-state index in [1.807, 2.05) is 23.9 Å². The van der Waals surface area contributed by atoms with Crippen LogP contribution in [0.2, 0.25) is 0 Å². The predicted octanol–water partition coefficient (Wildman–Crippen LogP) is 3.12. The van der Waals surface area contributed by atoms with Crippen LogP contribution >= 0.6 is 11.8 Å². The van der Waals surface area contributed by atoms with Crippen LogP contribution in [0.5, 0.6) is 0 Å². The Kier molecular flexibility index (Phi) is 3.85. The summed E-state index contributed by atoms with van der Waals surface area (Å²) in [5, 5.41) is 8.67. The summed E-state index contributed by atoms with van der Waals surface area (Å²) in [5.74, 6) is 2.19. The van der Waals surface area contributed by atoms with Crippen LogP contribution in [-0.2, 0) is 5.75 Å². The van der Waals surface area contributed by atoms with E-state index < -0.39 is 0 Å². The van der Waals surface area contributed by atoms with E-state index >= 15 is 0 Å². The number of thioether (sulfide) groups is 1. The third kappa shape index (κ3) is 2.78. The number of hydrogen-bond donors (Lipinski definition) is 0. The van der Waals surface area contributed by atoms with Crippen LogP contribution in [0.1, 0.15) is 23.6 Å². The second kappa shape index (κ2) is 4.94. The molecule has 0 spiro atoms. The van der Waals surface area contributed by atoms with E-state index in [1.165, 1.54) is 11.1 Å². The topological polar surface area (TPSA) is 23.8 Å². The Morgan fingerprint density at radius 2 is 2.23 bits per heavy atom. The maximum atomic E-state index is 8.67. The van der Waals surface area contributed by atoms with Crippen molar-refractivity contribution in [1.82, 2.24) is 0 Å². The summed E-state index contributed by atoms with van der Waals surface area (Å²) >= 11 is 1.91. The average molecular weight is 191 g/mol. The van der Waals surface area contributed by atoms with Gasteiger partial charge in [0.05, 0.1) is 11.6 Å². The van der Waals surface area contributed by atoms with Crippen LogP contribution in [-0.4, -0.2) is 5.75 Å². The van der Waals surface area contributed by atoms with Crippen molar-refractivity contribution in [2.24, 2.45) is 0 Å². The molecule has 2 heteroatoms. The number of benzene rings is 1. The molecular formula is C11H13NS. The van der Waals surface area contributed by atoms with Gasteiger partial charge in [0, 0.05) is 5.75 Å². The number of nitriles is 1. The zero-order valence-electron chi connectivity index (χ0n) is 8.00. The molecule has 0 radical (unpaired) electrons. The molecule has 0 atom stereocenters. The number of hydrogen-bond acceptors (Lipinski definition) is 2. The molecule has 13 heavy (non-hydrogen) atoms. The van der Waals surface area contributed by atoms with Gasteiger partial charge >= 0.3 is 0 Å². The highest BCUT2D eigenvalue weighted by molar-refractivity contribution is 7.98. The summed E-state index contributed by atoms with van der Waals surface area (Å²) in [6.45, 7) is 4.22. The fourth-order valence-corrected chi connectivity index (χ4v) is 1.89. The van der Waals surface area contributed by atoms with Crippen LogP contribution in [0.15, 0.2) is 18.2 Å². The zero-order chi connectivity index (χ0) is 9.68. The summed E-state index contributed by atoms with van der Waals surface area (Å²) in [6, 6.07) is 8.03. The van der Waals surface area contributed by atoms with E-state index in [9.17, 15) is 0 Å². The highest BCUT2D eigenvalue weighted by Gasteiger charge is 1.98. The molecule has 1 nitrogen and oxygen atoms in total. The maximum absolute atomic E-state index is 8.67. The second-order valence-corrected chi connectivity index (χ2v) is 4.16. The number of aryl methyl sites for hydroxylation is 1. The molecule has 0 unspecified atom stereocenters. The minimum Gasteiger partial charge on any atom is -0.192 e. The van der Waals surface area contributed by atoms with Crippen molar-refractivity contribution in [2.75, 3.05) is 5.75 Å². The van der Waals surface area contributed by atoms with Crippen LogP contribution in [0.4, 0.5) is 0 Å². The lowest BCUT2D eigenvalue weighted by Crippen LogP contribution is -1.88. The number of rotatable bonds is 3. The van der Waals surface area contributed by atoms with Gasteiger partial charge in [0.25, 0.3) is 0 Å². The smallest absolute Gasteiger partial charge is 0.0991 e. The van der Waals surface area contributed by atoms with Crippen molar-refractivity contribution in [3.63, 3.8) is 0 Å². The van der Waals surface area contributed by atoms with Crippen molar-refractivity contribution in [2.45, 2.75) is 19.6 Å². The highest BCUT2D eigenvalue weighted by atomic mass is 32.2. The number of nitrogens with zero attached hydrogens (tertiary/aromatic N) is 1. The quantitative estimate of drug-likeness (QED) is 0.733. The molecule has 0 aliphatic rings. The molecule has 0 amide bonds. The normalized spacial score (nSPS) is 9.62. The lowest BCUT2D eigenvalue weighted by atomic mass is 10.1. The molecule has 0 aliphatic heterocycles. The molecule has 0 aliphatic carbocycles. The molecule has 0 bridgehead atoms. The summed E-state index contributed by atoms with van der Waals surface area (Å²) in [7, 11) is 0. The molecular weight excluding hydrogens is 178 g/mol. The SMILES string of the molecule is CCSCc1ccc(C#N)cc1C. The summed E-state index contributed by atoms with van der Waals surface area (Å²) in [6.07, 6.45) is 0. The first-order valence-electron chi connectivity index (χ1n) is 4.35. The predicted molar refractivity (Wildman–Crippen MR) is 57.7 cm³/mol. The molecule has 0 heterocycles. The largest absolute Gasteiger partial charge is 0.192 e. The van der Waals surface area contributed by atoms with Gasteiger partial charge in [0.2, 0.25) is 0 Å². The third-order valence-electron chi connectivity index (χ3n) is 1.93. The van der Waals surface area contributed by atoms with Crippen molar-refractivity contribution < 1.29 is 0 Å². The van der Waals surface area contributed by atoms with E-state index in [4.69, 9.17) is 5.26 Å². The molecule has 0 N–H and O–H groups in total. The Bertz CT molecular complexity index is 325. The van der Waals surface area contributed by atoms with Gasteiger partial charge in [-0.2, -0.15) is 17.0 Å². The van der Waals surface area contributed by atoms with Gasteiger partial charge < -0.3 is 0 Å². The van der Waals surface area contributed by atoms with E-state index in [-0.39, 0.29) is 0 Å². The van der Waals surface area contributed by atoms with E-state index in [2.05, 4.69) is 26.0 Å². The van der Waals surface area contributed by atoms with Crippen molar-refractivity contribution in [3.8, 4) is 6.07 Å². The first-order valence-corrected chi connectivity index (χ1v) is 5.50. The van der Waals surface area contributed by atoms with Gasteiger partial charge in [-0.15, -0.1) is 0 Å². The molecule has 0 saturated carbocycles. The van der Waals surface area contributed by atoms with Gasteiger partial charge in [-0.25, -0.2) is 0 Å². The molecule has 0 saturated heterocycles. The second-order valence-electron chi connectivity index (χ2n) is 2.89. The Balaban J connectivity index is 2.81. The van der Waals surface area contributed by atoms with Gasteiger partial charge in [-0.3, -0.25) is 0 Å². The van der Waals surface area contributed by atoms with E-state index in [1.54, 1.807) is 0 Å². The van der Waals surface area contributed by atoms with Crippen molar-refractivity contribution in [1.29, 1.82) is 5.26 Å². The monoisotopic (exact) mass is 191 g/mol. The molecule has 0 fully saturated rings. The van der Waals surface area contributed by atoms with Crippen molar-refractivity contribution in [3.05, 3.63) is 34.9 Å². The summed E-state index contributed by atoms with van der Waals surface area (Å²) in [4.78, 5) is 0. The van der Waals surface area contributed by atoms with E-state index in [0.29, 0.717) is 0 Å². The molecule has 1 aromatic rings. The molecule has 1 rings (SSSR count). The van der Waals surface area contributed by atoms with Gasteiger partial charge in [-0.05, 0) is 35.9 Å². The van der Waals surface area contributed by atoms with Gasteiger partial charge in [-0.1, -0.05) is 13.0 Å². The zero-order valence-corrected chi connectivity index (χ0v) is 8.82. The minimum atomic E-state index is 0.753. The molecule has 1 aromatic carbocycles. The summed E-state index contributed by atoms with van der Waals surface area (Å²) < 4.78 is 0. The lowest BCUT2D eigenvalue weighted by molar-refractivity contribution is 1.29. The molecule has 68 valence electrons. The first-order chi connectivity index (χ1) is 6.27. The van der Waals surface area contributed by atoms with E-state index in [0.717, 1.165) is 17.1 Å². The first kappa shape index (κ1) is 10.1. The fourth-order valence-electron chi connectivity index (χ4n) is 1.14. The minimum absolute atomic E-state index is 0.753. The van der Waals surface area contributed by atoms with Crippen LogP contribution in [0.25, 0.3) is 0 Å². The average Bonchev–Trinajstić information content (AvgIpc) is 2.16. The molecule has 0 aromatic heterocycles. The van der Waals surface area contributed by atoms with Crippen LogP contribution in [0.3, 0.4) is 0 Å². The third-order valence-corrected chi connectivity index (χ3v) is 2.86. The maximum Gasteiger partial charge on any atom is 0.0991 e. The highest BCUT2D eigenvalue weighted by Crippen LogP contribution is 2.16.